The average molecular weight is 566 g/mol. The van der Waals surface area contributed by atoms with Crippen molar-refractivity contribution in [2.24, 2.45) is 0 Å². The number of fused-ring (bicyclic) bond motifs is 1. The fraction of sp³-hybridized carbons (Fsp3) is 0.300. The molecule has 0 aliphatic carbocycles. The van der Waals surface area contributed by atoms with Crippen molar-refractivity contribution in [3.05, 3.63) is 82.6 Å². The quantitative estimate of drug-likeness (QED) is 0.269. The monoisotopic (exact) mass is 564 g/mol. The van der Waals surface area contributed by atoms with E-state index in [1.54, 1.807) is 10.9 Å². The van der Waals surface area contributed by atoms with Crippen LogP contribution in [0.5, 0.6) is 5.88 Å². The van der Waals surface area contributed by atoms with Crippen molar-refractivity contribution < 1.29 is 14.6 Å². The lowest BCUT2D eigenvalue weighted by molar-refractivity contribution is 0.00156. The van der Waals surface area contributed by atoms with E-state index in [9.17, 15) is 9.90 Å². The summed E-state index contributed by atoms with van der Waals surface area (Å²) in [6, 6.07) is 16.5. The summed E-state index contributed by atoms with van der Waals surface area (Å²) in [4.78, 5) is 19.1. The first-order valence-corrected chi connectivity index (χ1v) is 13.4. The van der Waals surface area contributed by atoms with Crippen LogP contribution >= 0.6 is 23.2 Å². The number of aromatic nitrogens is 3. The number of carboxylic acid groups (broad SMARTS) is 1. The molecule has 0 unspecified atom stereocenters. The Hall–Kier alpha value is -3.55. The van der Waals surface area contributed by atoms with Crippen molar-refractivity contribution >= 4 is 29.3 Å². The molecule has 39 heavy (non-hydrogen) atoms. The summed E-state index contributed by atoms with van der Waals surface area (Å²) in [5, 5.41) is 15.7. The van der Waals surface area contributed by atoms with E-state index < -0.39 is 23.3 Å². The van der Waals surface area contributed by atoms with Crippen molar-refractivity contribution in [2.75, 3.05) is 0 Å². The van der Waals surface area contributed by atoms with E-state index in [2.05, 4.69) is 5.10 Å². The van der Waals surface area contributed by atoms with Crippen LogP contribution in [0.25, 0.3) is 28.1 Å². The molecule has 0 radical (unpaired) electrons. The number of hydrogen-bond donors (Lipinski definition) is 1. The van der Waals surface area contributed by atoms with Gasteiger partial charge in [-0.2, -0.15) is 5.10 Å². The molecule has 4 aromatic rings. The Morgan fingerprint density at radius 3 is 2.41 bits per heavy atom. The van der Waals surface area contributed by atoms with Crippen molar-refractivity contribution in [1.82, 2.24) is 19.7 Å². The predicted octanol–water partition coefficient (Wildman–Crippen LogP) is 8.29. The minimum Gasteiger partial charge on any atom is -0.471 e. The van der Waals surface area contributed by atoms with Crippen LogP contribution in [0.3, 0.4) is 0 Å². The largest absolute Gasteiger partial charge is 0.471 e. The van der Waals surface area contributed by atoms with E-state index in [4.69, 9.17) is 32.9 Å². The molecule has 0 saturated carbocycles. The molecule has 0 bridgehead atoms. The SMILES string of the molecule is CC1(C)C[C@@H](N(C(=O)O)C(C)(C)C)c2cc(-c3ccc(Cl)cc3)c(-c3ccc(-n4cccn4)cc3Cl)nc2O1. The molecular weight excluding hydrogens is 535 g/mol. The number of benzene rings is 2. The molecule has 0 spiro atoms. The van der Waals surface area contributed by atoms with Crippen LogP contribution in [-0.4, -0.2) is 42.0 Å². The molecule has 5 rings (SSSR count). The number of ether oxygens (including phenoxy) is 1. The maximum Gasteiger partial charge on any atom is 0.408 e. The molecule has 1 aliphatic rings. The van der Waals surface area contributed by atoms with Gasteiger partial charge in [0.05, 0.1) is 22.4 Å². The molecule has 1 atom stereocenters. The van der Waals surface area contributed by atoms with Gasteiger partial charge in [0.15, 0.2) is 0 Å². The second-order valence-electron chi connectivity index (χ2n) is 11.3. The van der Waals surface area contributed by atoms with Gasteiger partial charge in [-0.25, -0.2) is 14.5 Å². The number of halogens is 2. The predicted molar refractivity (Wildman–Crippen MR) is 154 cm³/mol. The van der Waals surface area contributed by atoms with Gasteiger partial charge in [-0.15, -0.1) is 0 Å². The molecular formula is C30H30Cl2N4O3. The number of pyridine rings is 1. The molecule has 0 fully saturated rings. The van der Waals surface area contributed by atoms with Crippen LogP contribution in [0.2, 0.25) is 10.0 Å². The third kappa shape index (κ3) is 5.34. The van der Waals surface area contributed by atoms with Crippen LogP contribution in [0.15, 0.2) is 67.0 Å². The summed E-state index contributed by atoms with van der Waals surface area (Å²) in [5.41, 5.74) is 3.26. The average Bonchev–Trinajstić information content (AvgIpc) is 3.37. The Balaban J connectivity index is 1.75. The molecule has 1 amide bonds. The van der Waals surface area contributed by atoms with Crippen molar-refractivity contribution in [3.63, 3.8) is 0 Å². The smallest absolute Gasteiger partial charge is 0.408 e. The Bertz CT molecular complexity index is 1530. The zero-order valence-electron chi connectivity index (χ0n) is 22.4. The van der Waals surface area contributed by atoms with Gasteiger partial charge in [-0.05, 0) is 82.6 Å². The molecule has 7 nitrogen and oxygen atoms in total. The fourth-order valence-corrected chi connectivity index (χ4v) is 5.53. The highest BCUT2D eigenvalue weighted by Crippen LogP contribution is 2.48. The minimum absolute atomic E-state index is 0.395. The van der Waals surface area contributed by atoms with E-state index in [0.29, 0.717) is 33.6 Å². The highest BCUT2D eigenvalue weighted by molar-refractivity contribution is 6.33. The van der Waals surface area contributed by atoms with E-state index in [1.165, 1.54) is 4.90 Å². The summed E-state index contributed by atoms with van der Waals surface area (Å²) >= 11 is 13.1. The maximum atomic E-state index is 12.5. The van der Waals surface area contributed by atoms with Crippen molar-refractivity contribution in [2.45, 2.75) is 58.2 Å². The number of hydrogen-bond acceptors (Lipinski definition) is 4. The van der Waals surface area contributed by atoms with E-state index in [1.807, 2.05) is 95.4 Å². The number of amides is 1. The van der Waals surface area contributed by atoms with Gasteiger partial charge in [0.1, 0.15) is 5.60 Å². The Morgan fingerprint density at radius 2 is 1.82 bits per heavy atom. The van der Waals surface area contributed by atoms with E-state index in [0.717, 1.165) is 22.4 Å². The molecule has 2 aromatic carbocycles. The van der Waals surface area contributed by atoms with Crippen molar-refractivity contribution in [1.29, 1.82) is 0 Å². The van der Waals surface area contributed by atoms with Crippen LogP contribution < -0.4 is 4.74 Å². The normalized spacial score (nSPS) is 16.3. The first kappa shape index (κ1) is 27.0. The van der Waals surface area contributed by atoms with Crippen LogP contribution in [-0.2, 0) is 0 Å². The highest BCUT2D eigenvalue weighted by atomic mass is 35.5. The highest BCUT2D eigenvalue weighted by Gasteiger charge is 2.44. The third-order valence-electron chi connectivity index (χ3n) is 6.80. The zero-order chi connectivity index (χ0) is 28.1. The van der Waals surface area contributed by atoms with Crippen LogP contribution in [0.4, 0.5) is 4.79 Å². The Kier molecular flexibility index (Phi) is 6.85. The lowest BCUT2D eigenvalue weighted by atomic mass is 9.86. The standard InChI is InChI=1S/C30H30Cl2N4O3/c1-29(2,3)36(28(37)38)25-17-30(4,5)39-27-23(25)16-22(18-7-9-19(31)10-8-18)26(34-27)21-12-11-20(15-24(21)32)35-14-6-13-33-35/h6-16,25H,17H2,1-5H3,(H,37,38)/t25-/m1/s1. The van der Waals surface area contributed by atoms with Gasteiger partial charge in [0.2, 0.25) is 5.88 Å². The molecule has 0 saturated heterocycles. The second-order valence-corrected chi connectivity index (χ2v) is 12.1. The first-order valence-electron chi connectivity index (χ1n) is 12.7. The Labute approximate surface area is 238 Å². The molecule has 1 N–H and O–H groups in total. The molecule has 1 aliphatic heterocycles. The fourth-order valence-electron chi connectivity index (χ4n) is 5.14. The van der Waals surface area contributed by atoms with Gasteiger partial charge in [-0.1, -0.05) is 35.3 Å². The number of rotatable bonds is 4. The van der Waals surface area contributed by atoms with Gasteiger partial charge < -0.3 is 9.84 Å². The van der Waals surface area contributed by atoms with Gasteiger partial charge in [-0.3, -0.25) is 4.90 Å². The topological polar surface area (TPSA) is 80.5 Å². The summed E-state index contributed by atoms with van der Waals surface area (Å²) in [7, 11) is 0. The van der Waals surface area contributed by atoms with E-state index >= 15 is 0 Å². The molecule has 9 heteroatoms. The van der Waals surface area contributed by atoms with E-state index in [-0.39, 0.29) is 0 Å². The lowest BCUT2D eigenvalue weighted by Gasteiger charge is -2.46. The Morgan fingerprint density at radius 1 is 1.10 bits per heavy atom. The third-order valence-corrected chi connectivity index (χ3v) is 7.37. The summed E-state index contributed by atoms with van der Waals surface area (Å²) in [6.07, 6.45) is 3.04. The molecule has 2 aromatic heterocycles. The molecule has 3 heterocycles. The number of carbonyl (C=O) groups is 1. The lowest BCUT2D eigenvalue weighted by Crippen LogP contribution is -2.51. The van der Waals surface area contributed by atoms with Gasteiger partial charge in [0.25, 0.3) is 0 Å². The van der Waals surface area contributed by atoms with Gasteiger partial charge in [0, 0.05) is 46.1 Å². The van der Waals surface area contributed by atoms with Crippen molar-refractivity contribution in [3.8, 4) is 34.0 Å². The second kappa shape index (κ2) is 9.88. The molecule has 202 valence electrons. The van der Waals surface area contributed by atoms with Gasteiger partial charge >= 0.3 is 6.09 Å². The first-order chi connectivity index (χ1) is 18.3. The van der Waals surface area contributed by atoms with Crippen LogP contribution in [0, 0.1) is 0 Å². The van der Waals surface area contributed by atoms with Crippen LogP contribution in [0.1, 0.15) is 52.6 Å². The minimum atomic E-state index is -0.995. The summed E-state index contributed by atoms with van der Waals surface area (Å²) < 4.78 is 8.11. The summed E-state index contributed by atoms with van der Waals surface area (Å²) in [5.74, 6) is 0.395. The maximum absolute atomic E-state index is 12.5. The zero-order valence-corrected chi connectivity index (χ0v) is 24.0. The number of nitrogens with zero attached hydrogens (tertiary/aromatic N) is 4. The summed E-state index contributed by atoms with van der Waals surface area (Å²) in [6.45, 7) is 9.59.